The topological polar surface area (TPSA) is 82.2 Å². The fourth-order valence-corrected chi connectivity index (χ4v) is 2.84. The molecule has 1 amide bonds. The van der Waals surface area contributed by atoms with Crippen LogP contribution in [0.5, 0.6) is 0 Å². The van der Waals surface area contributed by atoms with Crippen molar-refractivity contribution in [2.45, 2.75) is 31.2 Å². The minimum absolute atomic E-state index is 0.0471. The van der Waals surface area contributed by atoms with E-state index in [1.165, 1.54) is 0 Å². The summed E-state index contributed by atoms with van der Waals surface area (Å²) in [5, 5.41) is 12.0. The number of likely N-dealkylation sites (tertiary alicyclic amines) is 1. The lowest BCUT2D eigenvalue weighted by Crippen LogP contribution is -2.54. The number of hydrogen-bond donors (Lipinski definition) is 2. The van der Waals surface area contributed by atoms with Gasteiger partial charge in [0.15, 0.2) is 0 Å². The standard InChI is InChI=1S/C13H22N4O/c1-16-12(18)10-3-2-6-17(7-10)9-13(15,8-14)11-4-5-11/h10-11H,2-7,9,15H2,1H3,(H,16,18). The van der Waals surface area contributed by atoms with Gasteiger partial charge in [-0.25, -0.2) is 0 Å². The SMILES string of the molecule is CNC(=O)C1CCCN(CC(N)(C#N)C2CC2)C1. The Bertz CT molecular complexity index is 360. The smallest absolute Gasteiger partial charge is 0.224 e. The molecule has 1 heterocycles. The molecule has 100 valence electrons. The Morgan fingerprint density at radius 2 is 2.28 bits per heavy atom. The normalized spacial score (nSPS) is 28.2. The van der Waals surface area contributed by atoms with Crippen molar-refractivity contribution in [2.24, 2.45) is 17.6 Å². The second-order valence-corrected chi connectivity index (χ2v) is 5.61. The summed E-state index contributed by atoms with van der Waals surface area (Å²) < 4.78 is 0. The Hall–Kier alpha value is -1.12. The lowest BCUT2D eigenvalue weighted by molar-refractivity contribution is -0.126. The first-order chi connectivity index (χ1) is 8.59. The van der Waals surface area contributed by atoms with Crippen LogP contribution in [0.25, 0.3) is 0 Å². The molecule has 1 aliphatic heterocycles. The molecule has 18 heavy (non-hydrogen) atoms. The highest BCUT2D eigenvalue weighted by molar-refractivity contribution is 5.78. The molecule has 0 aromatic rings. The molecule has 1 saturated heterocycles. The van der Waals surface area contributed by atoms with E-state index in [-0.39, 0.29) is 11.8 Å². The van der Waals surface area contributed by atoms with Crippen LogP contribution in [0.3, 0.4) is 0 Å². The second-order valence-electron chi connectivity index (χ2n) is 5.61. The van der Waals surface area contributed by atoms with E-state index in [1.807, 2.05) is 0 Å². The lowest BCUT2D eigenvalue weighted by atomic mass is 9.92. The van der Waals surface area contributed by atoms with Gasteiger partial charge in [0.05, 0.1) is 12.0 Å². The molecule has 5 heteroatoms. The van der Waals surface area contributed by atoms with Gasteiger partial charge in [-0.3, -0.25) is 9.69 Å². The molecule has 3 N–H and O–H groups in total. The lowest BCUT2D eigenvalue weighted by Gasteiger charge is -2.36. The highest BCUT2D eigenvalue weighted by Gasteiger charge is 2.44. The Kier molecular flexibility index (Phi) is 3.88. The quantitative estimate of drug-likeness (QED) is 0.740. The van der Waals surface area contributed by atoms with Crippen molar-refractivity contribution in [3.05, 3.63) is 0 Å². The van der Waals surface area contributed by atoms with Gasteiger partial charge in [-0.05, 0) is 38.1 Å². The van der Waals surface area contributed by atoms with Crippen LogP contribution in [0.15, 0.2) is 0 Å². The molecule has 5 nitrogen and oxygen atoms in total. The third-order valence-electron chi connectivity index (χ3n) is 4.12. The summed E-state index contributed by atoms with van der Waals surface area (Å²) in [7, 11) is 1.67. The van der Waals surface area contributed by atoms with Gasteiger partial charge < -0.3 is 11.1 Å². The van der Waals surface area contributed by atoms with E-state index in [9.17, 15) is 10.1 Å². The minimum atomic E-state index is -0.718. The first-order valence-corrected chi connectivity index (χ1v) is 6.73. The maximum atomic E-state index is 11.7. The molecule has 2 unspecified atom stereocenters. The van der Waals surface area contributed by atoms with Gasteiger partial charge in [0, 0.05) is 20.1 Å². The largest absolute Gasteiger partial charge is 0.359 e. The molecule has 1 saturated carbocycles. The maximum absolute atomic E-state index is 11.7. The van der Waals surface area contributed by atoms with Crippen LogP contribution in [0.2, 0.25) is 0 Å². The van der Waals surface area contributed by atoms with E-state index in [4.69, 9.17) is 5.73 Å². The number of nitriles is 1. The van der Waals surface area contributed by atoms with Crippen LogP contribution in [0.4, 0.5) is 0 Å². The zero-order valence-electron chi connectivity index (χ0n) is 11.0. The summed E-state index contributed by atoms with van der Waals surface area (Å²) in [6, 6.07) is 2.28. The highest BCUT2D eigenvalue weighted by atomic mass is 16.1. The molecule has 2 fully saturated rings. The summed E-state index contributed by atoms with van der Waals surface area (Å²) in [6.07, 6.45) is 4.07. The zero-order chi connectivity index (χ0) is 13.2. The Morgan fingerprint density at radius 1 is 1.56 bits per heavy atom. The molecule has 0 aromatic carbocycles. The monoisotopic (exact) mass is 250 g/mol. The van der Waals surface area contributed by atoms with Crippen molar-refractivity contribution in [3.8, 4) is 6.07 Å². The van der Waals surface area contributed by atoms with Gasteiger partial charge in [-0.1, -0.05) is 0 Å². The van der Waals surface area contributed by atoms with Crippen LogP contribution in [0.1, 0.15) is 25.7 Å². The fourth-order valence-electron chi connectivity index (χ4n) is 2.84. The summed E-state index contributed by atoms with van der Waals surface area (Å²) in [4.78, 5) is 13.8. The predicted molar refractivity (Wildman–Crippen MR) is 68.5 cm³/mol. The van der Waals surface area contributed by atoms with Gasteiger partial charge in [0.25, 0.3) is 0 Å². The molecule has 2 rings (SSSR count). The van der Waals surface area contributed by atoms with Gasteiger partial charge in [0.1, 0.15) is 5.54 Å². The van der Waals surface area contributed by atoms with Crippen molar-refractivity contribution in [1.29, 1.82) is 5.26 Å². The number of nitrogens with one attached hydrogen (secondary N) is 1. The first-order valence-electron chi connectivity index (χ1n) is 6.73. The highest BCUT2D eigenvalue weighted by Crippen LogP contribution is 2.38. The minimum Gasteiger partial charge on any atom is -0.359 e. The average Bonchev–Trinajstić information content (AvgIpc) is 3.22. The molecule has 2 aliphatic rings. The van der Waals surface area contributed by atoms with Crippen molar-refractivity contribution >= 4 is 5.91 Å². The molecule has 0 bridgehead atoms. The van der Waals surface area contributed by atoms with Gasteiger partial charge in [-0.2, -0.15) is 5.26 Å². The number of carbonyl (C=O) groups excluding carboxylic acids is 1. The number of amides is 1. The van der Waals surface area contributed by atoms with E-state index in [0.717, 1.165) is 38.8 Å². The number of hydrogen-bond acceptors (Lipinski definition) is 4. The summed E-state index contributed by atoms with van der Waals surface area (Å²) in [5.41, 5.74) is 5.47. The second kappa shape index (κ2) is 5.25. The van der Waals surface area contributed by atoms with E-state index in [1.54, 1.807) is 7.05 Å². The summed E-state index contributed by atoms with van der Waals surface area (Å²) in [5.74, 6) is 0.500. The van der Waals surface area contributed by atoms with Crippen molar-refractivity contribution in [3.63, 3.8) is 0 Å². The van der Waals surface area contributed by atoms with Gasteiger partial charge >= 0.3 is 0 Å². The number of nitrogens with zero attached hydrogens (tertiary/aromatic N) is 2. The van der Waals surface area contributed by atoms with Crippen LogP contribution >= 0.6 is 0 Å². The van der Waals surface area contributed by atoms with Crippen molar-refractivity contribution < 1.29 is 4.79 Å². The van der Waals surface area contributed by atoms with E-state index < -0.39 is 5.54 Å². The average molecular weight is 250 g/mol. The fraction of sp³-hybridized carbons (Fsp3) is 0.846. The molecular formula is C13H22N4O. The number of piperidine rings is 1. The Balaban J connectivity index is 1.93. The Labute approximate surface area is 108 Å². The zero-order valence-corrected chi connectivity index (χ0v) is 11.0. The van der Waals surface area contributed by atoms with Crippen LogP contribution in [-0.4, -0.2) is 43.0 Å². The van der Waals surface area contributed by atoms with Crippen LogP contribution < -0.4 is 11.1 Å². The van der Waals surface area contributed by atoms with Crippen LogP contribution in [0, 0.1) is 23.2 Å². The van der Waals surface area contributed by atoms with E-state index >= 15 is 0 Å². The van der Waals surface area contributed by atoms with Gasteiger partial charge in [0.2, 0.25) is 5.91 Å². The molecule has 0 aromatic heterocycles. The number of carbonyl (C=O) groups is 1. The molecule has 0 radical (unpaired) electrons. The van der Waals surface area contributed by atoms with Crippen molar-refractivity contribution in [2.75, 3.05) is 26.7 Å². The van der Waals surface area contributed by atoms with Crippen LogP contribution in [-0.2, 0) is 4.79 Å². The third-order valence-corrected chi connectivity index (χ3v) is 4.12. The van der Waals surface area contributed by atoms with Crippen molar-refractivity contribution in [1.82, 2.24) is 10.2 Å². The summed E-state index contributed by atoms with van der Waals surface area (Å²) in [6.45, 7) is 2.27. The molecule has 2 atom stereocenters. The first kappa shape index (κ1) is 13.3. The molecular weight excluding hydrogens is 228 g/mol. The predicted octanol–water partition coefficient (Wildman–Crippen LogP) is 0.0755. The Morgan fingerprint density at radius 3 is 2.83 bits per heavy atom. The van der Waals surface area contributed by atoms with Gasteiger partial charge in [-0.15, -0.1) is 0 Å². The molecule has 1 aliphatic carbocycles. The van der Waals surface area contributed by atoms with E-state index in [0.29, 0.717) is 12.5 Å². The molecule has 0 spiro atoms. The number of nitrogens with two attached hydrogens (primary N) is 1. The summed E-state index contributed by atoms with van der Waals surface area (Å²) >= 11 is 0. The third kappa shape index (κ3) is 2.82. The maximum Gasteiger partial charge on any atom is 0.224 e. The number of rotatable bonds is 4. The van der Waals surface area contributed by atoms with E-state index in [2.05, 4.69) is 16.3 Å².